The van der Waals surface area contributed by atoms with Crippen LogP contribution in [-0.2, 0) is 6.54 Å². The summed E-state index contributed by atoms with van der Waals surface area (Å²) in [5.41, 5.74) is 1.19. The third-order valence-corrected chi connectivity index (χ3v) is 3.94. The van der Waals surface area contributed by atoms with Crippen LogP contribution in [0.3, 0.4) is 0 Å². The normalized spacial score (nSPS) is 14.0. The molecule has 0 aliphatic carbocycles. The number of alkyl halides is 3. The molecule has 0 unspecified atom stereocenters. The maximum Gasteiger partial charge on any atom is 0.573 e. The molecule has 1 fully saturated rings. The predicted molar refractivity (Wildman–Crippen MR) is 91.5 cm³/mol. The first-order valence-corrected chi connectivity index (χ1v) is 8.11. The van der Waals surface area contributed by atoms with E-state index in [0.717, 1.165) is 0 Å². The van der Waals surface area contributed by atoms with Gasteiger partial charge in [0.2, 0.25) is 0 Å². The number of para-hydroxylation sites is 1. The van der Waals surface area contributed by atoms with Crippen molar-refractivity contribution in [3.05, 3.63) is 59.7 Å². The predicted octanol–water partition coefficient (Wildman–Crippen LogP) is 3.04. The molecule has 1 saturated heterocycles. The quantitative estimate of drug-likeness (QED) is 0.839. The Balaban J connectivity index is 1.64. The molecular formula is C18H16F3N3O3. The first kappa shape index (κ1) is 18.6. The van der Waals surface area contributed by atoms with Gasteiger partial charge < -0.3 is 15.4 Å². The number of carbonyl (C=O) groups excluding carboxylic acids is 2. The zero-order valence-electron chi connectivity index (χ0n) is 14.0. The van der Waals surface area contributed by atoms with Crippen LogP contribution in [-0.4, -0.2) is 31.4 Å². The van der Waals surface area contributed by atoms with E-state index in [0.29, 0.717) is 24.3 Å². The number of carbonyl (C=O) groups is 2. The van der Waals surface area contributed by atoms with E-state index in [-0.39, 0.29) is 23.9 Å². The fourth-order valence-corrected chi connectivity index (χ4v) is 2.66. The van der Waals surface area contributed by atoms with Crippen LogP contribution in [0.1, 0.15) is 15.9 Å². The summed E-state index contributed by atoms with van der Waals surface area (Å²) in [6, 6.07) is 11.8. The van der Waals surface area contributed by atoms with Crippen LogP contribution in [0.15, 0.2) is 48.5 Å². The molecule has 2 aromatic carbocycles. The van der Waals surface area contributed by atoms with Gasteiger partial charge in [-0.1, -0.05) is 18.2 Å². The average Bonchev–Trinajstić information content (AvgIpc) is 3.05. The Kier molecular flexibility index (Phi) is 5.20. The van der Waals surface area contributed by atoms with E-state index in [4.69, 9.17) is 0 Å². The van der Waals surface area contributed by atoms with Crippen LogP contribution in [0.2, 0.25) is 0 Å². The molecule has 9 heteroatoms. The van der Waals surface area contributed by atoms with Gasteiger partial charge >= 0.3 is 12.4 Å². The Bertz CT molecular complexity index is 838. The summed E-state index contributed by atoms with van der Waals surface area (Å²) >= 11 is 0. The lowest BCUT2D eigenvalue weighted by Crippen LogP contribution is -2.28. The fourth-order valence-electron chi connectivity index (χ4n) is 2.66. The standard InChI is InChI=1S/C18H16F3N3O3/c19-18(20,21)27-15-4-2-1-3-13(15)11-23-16(25)12-5-7-14(8-6-12)24-10-9-22-17(24)26/h1-8H,9-11H2,(H,22,26)(H,23,25). The van der Waals surface area contributed by atoms with Gasteiger partial charge in [0.25, 0.3) is 5.91 Å². The summed E-state index contributed by atoms with van der Waals surface area (Å²) in [6.07, 6.45) is -4.81. The molecule has 2 aromatic rings. The molecule has 0 aromatic heterocycles. The topological polar surface area (TPSA) is 70.7 Å². The Morgan fingerprint density at radius 2 is 1.85 bits per heavy atom. The molecule has 3 rings (SSSR count). The minimum Gasteiger partial charge on any atom is -0.405 e. The molecule has 0 spiro atoms. The molecule has 2 N–H and O–H groups in total. The highest BCUT2D eigenvalue weighted by atomic mass is 19.4. The van der Waals surface area contributed by atoms with E-state index < -0.39 is 12.3 Å². The zero-order chi connectivity index (χ0) is 19.4. The number of nitrogens with one attached hydrogen (secondary N) is 2. The third-order valence-electron chi connectivity index (χ3n) is 3.94. The molecule has 0 atom stereocenters. The van der Waals surface area contributed by atoms with Gasteiger partial charge in [-0.2, -0.15) is 0 Å². The minimum atomic E-state index is -4.81. The molecule has 1 aliphatic heterocycles. The molecule has 27 heavy (non-hydrogen) atoms. The summed E-state index contributed by atoms with van der Waals surface area (Å²) in [5, 5.41) is 5.24. The summed E-state index contributed by atoms with van der Waals surface area (Å²) in [6.45, 7) is 0.974. The zero-order valence-corrected chi connectivity index (χ0v) is 14.0. The number of hydrogen-bond donors (Lipinski definition) is 2. The molecule has 0 saturated carbocycles. The molecule has 6 nitrogen and oxygen atoms in total. The second kappa shape index (κ2) is 7.56. The van der Waals surface area contributed by atoms with Crippen LogP contribution in [0.25, 0.3) is 0 Å². The molecule has 3 amide bonds. The van der Waals surface area contributed by atoms with Gasteiger partial charge in [0, 0.05) is 36.4 Å². The van der Waals surface area contributed by atoms with E-state index >= 15 is 0 Å². The van der Waals surface area contributed by atoms with Gasteiger partial charge in [0.05, 0.1) is 0 Å². The van der Waals surface area contributed by atoms with Crippen LogP contribution in [0.4, 0.5) is 23.7 Å². The van der Waals surface area contributed by atoms with Crippen LogP contribution in [0, 0.1) is 0 Å². The third kappa shape index (κ3) is 4.69. The maximum absolute atomic E-state index is 12.4. The van der Waals surface area contributed by atoms with Crippen molar-refractivity contribution in [1.82, 2.24) is 10.6 Å². The van der Waals surface area contributed by atoms with Gasteiger partial charge in [-0.05, 0) is 30.3 Å². The minimum absolute atomic E-state index is 0.124. The Morgan fingerprint density at radius 1 is 1.15 bits per heavy atom. The largest absolute Gasteiger partial charge is 0.573 e. The molecule has 0 bridgehead atoms. The number of hydrogen-bond acceptors (Lipinski definition) is 3. The maximum atomic E-state index is 12.4. The van der Waals surface area contributed by atoms with Gasteiger partial charge in [0.15, 0.2) is 0 Å². The average molecular weight is 379 g/mol. The van der Waals surface area contributed by atoms with Crippen molar-refractivity contribution in [2.75, 3.05) is 18.0 Å². The molecule has 1 heterocycles. The highest BCUT2D eigenvalue weighted by Crippen LogP contribution is 2.26. The lowest BCUT2D eigenvalue weighted by Gasteiger charge is -2.15. The van der Waals surface area contributed by atoms with Crippen molar-refractivity contribution >= 4 is 17.6 Å². The number of rotatable bonds is 5. The van der Waals surface area contributed by atoms with Crippen molar-refractivity contribution in [2.45, 2.75) is 12.9 Å². The summed E-state index contributed by atoms with van der Waals surface area (Å²) in [5.74, 6) is -0.810. The van der Waals surface area contributed by atoms with Gasteiger partial charge in [-0.3, -0.25) is 9.69 Å². The lowest BCUT2D eigenvalue weighted by atomic mass is 10.1. The van der Waals surface area contributed by atoms with Crippen molar-refractivity contribution in [2.24, 2.45) is 0 Å². The van der Waals surface area contributed by atoms with E-state index in [1.807, 2.05) is 0 Å². The van der Waals surface area contributed by atoms with E-state index in [1.54, 1.807) is 35.2 Å². The molecule has 1 aliphatic rings. The number of ether oxygens (including phenoxy) is 1. The number of halogens is 3. The molecular weight excluding hydrogens is 363 g/mol. The summed E-state index contributed by atoms with van der Waals surface area (Å²) in [7, 11) is 0. The first-order chi connectivity index (χ1) is 12.8. The molecule has 0 radical (unpaired) electrons. The number of urea groups is 1. The highest BCUT2D eigenvalue weighted by molar-refractivity contribution is 5.97. The van der Waals surface area contributed by atoms with Crippen molar-refractivity contribution in [3.63, 3.8) is 0 Å². The van der Waals surface area contributed by atoms with Crippen molar-refractivity contribution in [3.8, 4) is 5.75 Å². The second-order valence-electron chi connectivity index (χ2n) is 5.77. The van der Waals surface area contributed by atoms with Crippen molar-refractivity contribution in [1.29, 1.82) is 0 Å². The summed E-state index contributed by atoms with van der Waals surface area (Å²) in [4.78, 5) is 25.4. The van der Waals surface area contributed by atoms with E-state index in [9.17, 15) is 22.8 Å². The fraction of sp³-hybridized carbons (Fsp3) is 0.222. The van der Waals surface area contributed by atoms with Gasteiger partial charge in [-0.15, -0.1) is 13.2 Å². The number of anilines is 1. The highest BCUT2D eigenvalue weighted by Gasteiger charge is 2.32. The molecule has 142 valence electrons. The Morgan fingerprint density at radius 3 is 2.48 bits per heavy atom. The van der Waals surface area contributed by atoms with Gasteiger partial charge in [-0.25, -0.2) is 4.79 Å². The number of amides is 3. The smallest absolute Gasteiger partial charge is 0.405 e. The van der Waals surface area contributed by atoms with E-state index in [1.165, 1.54) is 18.2 Å². The van der Waals surface area contributed by atoms with Crippen LogP contribution >= 0.6 is 0 Å². The Labute approximate surface area is 152 Å². The number of benzene rings is 2. The van der Waals surface area contributed by atoms with Crippen LogP contribution < -0.4 is 20.3 Å². The van der Waals surface area contributed by atoms with E-state index in [2.05, 4.69) is 15.4 Å². The monoisotopic (exact) mass is 379 g/mol. The van der Waals surface area contributed by atoms with Crippen molar-refractivity contribution < 1.29 is 27.5 Å². The SMILES string of the molecule is O=C(NCc1ccccc1OC(F)(F)F)c1ccc(N2CCNC2=O)cc1. The number of nitrogens with zero attached hydrogens (tertiary/aromatic N) is 1. The summed E-state index contributed by atoms with van der Waals surface area (Å²) < 4.78 is 41.3. The lowest BCUT2D eigenvalue weighted by molar-refractivity contribution is -0.274. The van der Waals surface area contributed by atoms with Gasteiger partial charge in [0.1, 0.15) is 5.75 Å². The first-order valence-electron chi connectivity index (χ1n) is 8.11. The Hall–Kier alpha value is -3.23. The second-order valence-corrected chi connectivity index (χ2v) is 5.77. The van der Waals surface area contributed by atoms with Crippen LogP contribution in [0.5, 0.6) is 5.75 Å².